The van der Waals surface area contributed by atoms with Gasteiger partial charge in [-0.15, -0.1) is 0 Å². The second-order valence-electron chi connectivity index (χ2n) is 5.91. The first-order valence-electron chi connectivity index (χ1n) is 7.86. The Morgan fingerprint density at radius 1 is 1.21 bits per heavy atom. The molecule has 2 saturated heterocycles. The Hall–Kier alpha value is -0.610. The summed E-state index contributed by atoms with van der Waals surface area (Å²) in [6.07, 6.45) is 7.12. The largest absolute Gasteiger partial charge is 0.381 e. The average Bonchev–Trinajstić information content (AvgIpc) is 2.74. The lowest BCUT2D eigenvalue weighted by atomic mass is 9.93. The van der Waals surface area contributed by atoms with Crippen LogP contribution in [0.3, 0.4) is 0 Å². The first-order chi connectivity index (χ1) is 9.27. The smallest absolute Gasteiger partial charge is 0.236 e. The number of hydrogen-bond acceptors (Lipinski definition) is 3. The molecule has 0 aromatic heterocycles. The van der Waals surface area contributed by atoms with Crippen molar-refractivity contribution in [3.8, 4) is 0 Å². The molecule has 110 valence electrons. The van der Waals surface area contributed by atoms with Crippen LogP contribution >= 0.6 is 0 Å². The van der Waals surface area contributed by atoms with Crippen molar-refractivity contribution in [3.63, 3.8) is 0 Å². The third-order valence-corrected chi connectivity index (χ3v) is 4.51. The number of carbonyl (C=O) groups excluding carboxylic acids is 1. The highest BCUT2D eigenvalue weighted by molar-refractivity contribution is 5.78. The van der Waals surface area contributed by atoms with Gasteiger partial charge in [0.15, 0.2) is 0 Å². The van der Waals surface area contributed by atoms with E-state index in [0.717, 1.165) is 39.1 Å². The Bertz CT molecular complexity index is 269. The molecule has 0 aliphatic carbocycles. The third kappa shape index (κ3) is 4.77. The molecule has 2 aliphatic rings. The molecule has 1 amide bonds. The Kier molecular flexibility index (Phi) is 6.11. The van der Waals surface area contributed by atoms with Crippen LogP contribution in [-0.2, 0) is 9.53 Å². The molecule has 1 N–H and O–H groups in total. The molecule has 0 saturated carbocycles. The molecule has 0 aromatic rings. The summed E-state index contributed by atoms with van der Waals surface area (Å²) in [4.78, 5) is 14.2. The summed E-state index contributed by atoms with van der Waals surface area (Å²) in [7, 11) is 0. The quantitative estimate of drug-likeness (QED) is 0.845. The molecule has 0 aromatic carbocycles. The van der Waals surface area contributed by atoms with Gasteiger partial charge in [0, 0.05) is 32.3 Å². The maximum absolute atomic E-state index is 12.2. The molecule has 0 radical (unpaired) electrons. The lowest BCUT2D eigenvalue weighted by molar-refractivity contribution is -0.130. The van der Waals surface area contributed by atoms with E-state index in [1.54, 1.807) is 0 Å². The highest BCUT2D eigenvalue weighted by Gasteiger charge is 2.22. The van der Waals surface area contributed by atoms with Gasteiger partial charge in [0.1, 0.15) is 0 Å². The lowest BCUT2D eigenvalue weighted by Gasteiger charge is -2.29. The molecule has 4 heteroatoms. The van der Waals surface area contributed by atoms with Crippen LogP contribution in [0.4, 0.5) is 0 Å². The van der Waals surface area contributed by atoms with Gasteiger partial charge in [-0.05, 0) is 38.5 Å². The molecule has 2 fully saturated rings. The van der Waals surface area contributed by atoms with Gasteiger partial charge in [0.05, 0.1) is 6.54 Å². The summed E-state index contributed by atoms with van der Waals surface area (Å²) in [6.45, 7) is 6.34. The van der Waals surface area contributed by atoms with Crippen LogP contribution < -0.4 is 5.32 Å². The summed E-state index contributed by atoms with van der Waals surface area (Å²) in [5, 5.41) is 3.42. The van der Waals surface area contributed by atoms with Crippen molar-refractivity contribution in [2.75, 3.05) is 32.8 Å². The Labute approximate surface area is 116 Å². The Balaban J connectivity index is 1.69. The fourth-order valence-electron chi connectivity index (χ4n) is 3.06. The van der Waals surface area contributed by atoms with Crippen molar-refractivity contribution in [2.45, 2.75) is 51.5 Å². The van der Waals surface area contributed by atoms with Gasteiger partial charge < -0.3 is 15.0 Å². The zero-order chi connectivity index (χ0) is 13.5. The average molecular weight is 268 g/mol. The fourth-order valence-corrected chi connectivity index (χ4v) is 3.06. The van der Waals surface area contributed by atoms with Gasteiger partial charge >= 0.3 is 0 Å². The van der Waals surface area contributed by atoms with Gasteiger partial charge in [-0.1, -0.05) is 12.8 Å². The third-order valence-electron chi connectivity index (χ3n) is 4.51. The SMILES string of the molecule is CC(NCC(=O)N1CCCCCC1)C1CCOCC1. The predicted octanol–water partition coefficient (Wildman–Crippen LogP) is 1.79. The van der Waals surface area contributed by atoms with Crippen LogP contribution in [0.15, 0.2) is 0 Å². The van der Waals surface area contributed by atoms with E-state index in [4.69, 9.17) is 4.74 Å². The van der Waals surface area contributed by atoms with E-state index in [2.05, 4.69) is 12.2 Å². The van der Waals surface area contributed by atoms with Crippen LogP contribution in [0.1, 0.15) is 45.4 Å². The number of likely N-dealkylation sites (tertiary alicyclic amines) is 1. The van der Waals surface area contributed by atoms with Crippen molar-refractivity contribution in [3.05, 3.63) is 0 Å². The maximum Gasteiger partial charge on any atom is 0.236 e. The highest BCUT2D eigenvalue weighted by atomic mass is 16.5. The van der Waals surface area contributed by atoms with Crippen molar-refractivity contribution >= 4 is 5.91 Å². The normalized spacial score (nSPS) is 23.9. The summed E-state index contributed by atoms with van der Waals surface area (Å²) in [6, 6.07) is 0.417. The van der Waals surface area contributed by atoms with Crippen LogP contribution in [0, 0.1) is 5.92 Å². The summed E-state index contributed by atoms with van der Waals surface area (Å²) >= 11 is 0. The number of nitrogens with one attached hydrogen (secondary N) is 1. The van der Waals surface area contributed by atoms with E-state index in [1.165, 1.54) is 25.7 Å². The number of rotatable bonds is 4. The van der Waals surface area contributed by atoms with E-state index in [-0.39, 0.29) is 5.91 Å². The molecular weight excluding hydrogens is 240 g/mol. The van der Waals surface area contributed by atoms with Gasteiger partial charge in [-0.2, -0.15) is 0 Å². The molecule has 2 rings (SSSR count). The zero-order valence-electron chi connectivity index (χ0n) is 12.2. The predicted molar refractivity (Wildman–Crippen MR) is 76.1 cm³/mol. The van der Waals surface area contributed by atoms with Gasteiger partial charge in [0.25, 0.3) is 0 Å². The minimum Gasteiger partial charge on any atom is -0.381 e. The maximum atomic E-state index is 12.2. The fraction of sp³-hybridized carbons (Fsp3) is 0.933. The highest BCUT2D eigenvalue weighted by Crippen LogP contribution is 2.18. The first-order valence-corrected chi connectivity index (χ1v) is 7.86. The van der Waals surface area contributed by atoms with Crippen LogP contribution in [-0.4, -0.2) is 49.7 Å². The molecule has 2 aliphatic heterocycles. The van der Waals surface area contributed by atoms with E-state index in [0.29, 0.717) is 18.5 Å². The summed E-state index contributed by atoms with van der Waals surface area (Å²) < 4.78 is 5.38. The lowest BCUT2D eigenvalue weighted by Crippen LogP contribution is -2.44. The van der Waals surface area contributed by atoms with E-state index >= 15 is 0 Å². The molecule has 2 heterocycles. The van der Waals surface area contributed by atoms with E-state index in [1.807, 2.05) is 4.90 Å². The van der Waals surface area contributed by atoms with Crippen molar-refractivity contribution in [2.24, 2.45) is 5.92 Å². The molecule has 1 atom stereocenters. The second-order valence-corrected chi connectivity index (χ2v) is 5.91. The Morgan fingerprint density at radius 2 is 1.84 bits per heavy atom. The standard InChI is InChI=1S/C15H28N2O2/c1-13(14-6-10-19-11-7-14)16-12-15(18)17-8-4-2-3-5-9-17/h13-14,16H,2-12H2,1H3. The number of nitrogens with zero attached hydrogens (tertiary/aromatic N) is 1. The van der Waals surface area contributed by atoms with Gasteiger partial charge in [0.2, 0.25) is 5.91 Å². The zero-order valence-corrected chi connectivity index (χ0v) is 12.2. The minimum absolute atomic E-state index is 0.279. The van der Waals surface area contributed by atoms with Crippen molar-refractivity contribution in [1.82, 2.24) is 10.2 Å². The molecule has 4 nitrogen and oxygen atoms in total. The molecule has 19 heavy (non-hydrogen) atoms. The molecular formula is C15H28N2O2. The monoisotopic (exact) mass is 268 g/mol. The van der Waals surface area contributed by atoms with Crippen LogP contribution in [0.2, 0.25) is 0 Å². The van der Waals surface area contributed by atoms with Crippen LogP contribution in [0.5, 0.6) is 0 Å². The summed E-state index contributed by atoms with van der Waals surface area (Å²) in [5.74, 6) is 0.937. The van der Waals surface area contributed by atoms with Crippen LogP contribution in [0.25, 0.3) is 0 Å². The number of carbonyl (C=O) groups is 1. The van der Waals surface area contributed by atoms with Crippen molar-refractivity contribution < 1.29 is 9.53 Å². The number of hydrogen-bond donors (Lipinski definition) is 1. The molecule has 1 unspecified atom stereocenters. The summed E-state index contributed by atoms with van der Waals surface area (Å²) in [5.41, 5.74) is 0. The van der Waals surface area contributed by atoms with E-state index < -0.39 is 0 Å². The number of amides is 1. The van der Waals surface area contributed by atoms with Gasteiger partial charge in [-0.25, -0.2) is 0 Å². The molecule has 0 spiro atoms. The van der Waals surface area contributed by atoms with E-state index in [9.17, 15) is 4.79 Å². The first kappa shape index (κ1) is 14.8. The number of ether oxygens (including phenoxy) is 1. The second kappa shape index (κ2) is 7.85. The topological polar surface area (TPSA) is 41.6 Å². The van der Waals surface area contributed by atoms with Crippen molar-refractivity contribution in [1.29, 1.82) is 0 Å². The minimum atomic E-state index is 0.279. The van der Waals surface area contributed by atoms with Gasteiger partial charge in [-0.3, -0.25) is 4.79 Å². The Morgan fingerprint density at radius 3 is 2.47 bits per heavy atom. The molecule has 0 bridgehead atoms.